The summed E-state index contributed by atoms with van der Waals surface area (Å²) in [5.74, 6) is -0.0568. The first-order valence-electron chi connectivity index (χ1n) is 8.63. The highest BCUT2D eigenvalue weighted by molar-refractivity contribution is 5.79. The zero-order valence-corrected chi connectivity index (χ0v) is 14.8. The fraction of sp³-hybridized carbons (Fsp3) is 0.263. The quantitative estimate of drug-likeness (QED) is 0.497. The maximum atomic E-state index is 13.1. The van der Waals surface area contributed by atoms with E-state index in [1.54, 1.807) is 6.07 Å². The summed E-state index contributed by atoms with van der Waals surface area (Å²) in [6, 6.07) is 11.3. The lowest BCUT2D eigenvalue weighted by Crippen LogP contribution is -2.29. The van der Waals surface area contributed by atoms with Crippen LogP contribution >= 0.6 is 0 Å². The van der Waals surface area contributed by atoms with Crippen molar-refractivity contribution in [2.45, 2.75) is 18.6 Å². The summed E-state index contributed by atoms with van der Waals surface area (Å²) in [6.07, 6.45) is -4.61. The van der Waals surface area contributed by atoms with Gasteiger partial charge in [-0.15, -0.1) is 0 Å². The minimum Gasteiger partial charge on any atom is -0.395 e. The first-order chi connectivity index (χ1) is 13.4. The number of hydrogen-bond donors (Lipinski definition) is 4. The molecule has 1 aromatic heterocycles. The number of H-pyrrole nitrogens is 1. The van der Waals surface area contributed by atoms with E-state index in [9.17, 15) is 18.0 Å². The first-order valence-corrected chi connectivity index (χ1v) is 8.63. The summed E-state index contributed by atoms with van der Waals surface area (Å²) in [7, 11) is 0. The molecule has 0 aliphatic carbocycles. The summed E-state index contributed by atoms with van der Waals surface area (Å²) in [4.78, 5) is 19.5. The second-order valence-corrected chi connectivity index (χ2v) is 6.20. The molecule has 0 aliphatic rings. The normalized spacial score (nSPS) is 12.7. The molecule has 6 nitrogen and oxygen atoms in total. The van der Waals surface area contributed by atoms with Crippen LogP contribution in [0.25, 0.3) is 11.0 Å². The van der Waals surface area contributed by atoms with E-state index in [0.29, 0.717) is 17.0 Å². The van der Waals surface area contributed by atoms with Gasteiger partial charge in [-0.25, -0.2) is 4.98 Å². The monoisotopic (exact) mass is 392 g/mol. The van der Waals surface area contributed by atoms with Crippen molar-refractivity contribution in [2.75, 3.05) is 18.5 Å². The van der Waals surface area contributed by atoms with Gasteiger partial charge >= 0.3 is 6.18 Å². The van der Waals surface area contributed by atoms with Crippen molar-refractivity contribution in [1.29, 1.82) is 0 Å². The summed E-state index contributed by atoms with van der Waals surface area (Å²) < 4.78 is 39.2. The number of nitrogens with one attached hydrogen (secondary N) is 3. The van der Waals surface area contributed by atoms with Crippen LogP contribution in [0.2, 0.25) is 0 Å². The number of benzene rings is 2. The maximum absolute atomic E-state index is 13.1. The molecule has 28 heavy (non-hydrogen) atoms. The number of aromatic nitrogens is 2. The standard InChI is InChI=1S/C19H19F3N4O2/c20-19(21,22)13-5-3-4-12(10-13)16(11-17(28)23-8-9-27)26-18-24-14-6-1-2-7-15(14)25-18/h1-7,10,16,27H,8-9,11H2,(H,23,28)(H2,24,25,26). The third-order valence-corrected chi connectivity index (χ3v) is 4.14. The number of amides is 1. The number of carbonyl (C=O) groups is 1. The number of aromatic amines is 1. The summed E-state index contributed by atoms with van der Waals surface area (Å²) in [5.41, 5.74) is 0.960. The largest absolute Gasteiger partial charge is 0.416 e. The Balaban J connectivity index is 1.89. The highest BCUT2D eigenvalue weighted by Crippen LogP contribution is 2.32. The van der Waals surface area contributed by atoms with E-state index in [2.05, 4.69) is 20.6 Å². The third-order valence-electron chi connectivity index (χ3n) is 4.14. The Kier molecular flexibility index (Phi) is 5.84. The number of hydrogen-bond acceptors (Lipinski definition) is 4. The Morgan fingerprint density at radius 1 is 1.18 bits per heavy atom. The van der Waals surface area contributed by atoms with Crippen molar-refractivity contribution in [2.24, 2.45) is 0 Å². The molecule has 0 aliphatic heterocycles. The molecule has 0 spiro atoms. The number of halogens is 3. The molecule has 3 rings (SSSR count). The second-order valence-electron chi connectivity index (χ2n) is 6.20. The number of rotatable bonds is 7. The number of imidazole rings is 1. The van der Waals surface area contributed by atoms with E-state index in [4.69, 9.17) is 5.11 Å². The molecule has 0 saturated heterocycles. The Morgan fingerprint density at radius 2 is 1.96 bits per heavy atom. The average molecular weight is 392 g/mol. The van der Waals surface area contributed by atoms with E-state index in [1.807, 2.05) is 18.2 Å². The predicted octanol–water partition coefficient (Wildman–Crippen LogP) is 3.23. The summed E-state index contributed by atoms with van der Waals surface area (Å²) >= 11 is 0. The van der Waals surface area contributed by atoms with E-state index >= 15 is 0 Å². The Hall–Kier alpha value is -3.07. The van der Waals surface area contributed by atoms with Crippen LogP contribution in [-0.2, 0) is 11.0 Å². The smallest absolute Gasteiger partial charge is 0.395 e. The lowest BCUT2D eigenvalue weighted by molar-refractivity contribution is -0.137. The Labute approximate surface area is 158 Å². The van der Waals surface area contributed by atoms with Crippen molar-refractivity contribution < 1.29 is 23.1 Å². The number of para-hydroxylation sites is 2. The van der Waals surface area contributed by atoms with Gasteiger partial charge in [-0.1, -0.05) is 24.3 Å². The molecule has 0 bridgehead atoms. The number of nitrogens with zero attached hydrogens (tertiary/aromatic N) is 1. The van der Waals surface area contributed by atoms with Gasteiger partial charge in [0, 0.05) is 6.54 Å². The molecule has 0 saturated carbocycles. The zero-order chi connectivity index (χ0) is 20.1. The third kappa shape index (κ3) is 4.80. The van der Waals surface area contributed by atoms with Crippen molar-refractivity contribution in [3.8, 4) is 0 Å². The molecular formula is C19H19F3N4O2. The minimum absolute atomic E-state index is 0.0682. The Bertz CT molecular complexity index is 923. The molecule has 148 valence electrons. The van der Waals surface area contributed by atoms with Crippen LogP contribution in [0, 0.1) is 0 Å². The summed E-state index contributed by atoms with van der Waals surface area (Å²) in [5, 5.41) is 14.4. The van der Waals surface area contributed by atoms with Gasteiger partial charge in [0.15, 0.2) is 0 Å². The van der Waals surface area contributed by atoms with Gasteiger partial charge in [-0.05, 0) is 29.8 Å². The minimum atomic E-state index is -4.49. The van der Waals surface area contributed by atoms with E-state index < -0.39 is 23.7 Å². The van der Waals surface area contributed by atoms with Gasteiger partial charge in [-0.2, -0.15) is 13.2 Å². The molecule has 9 heteroatoms. The topological polar surface area (TPSA) is 90.0 Å². The molecule has 1 heterocycles. The molecule has 2 aromatic carbocycles. The van der Waals surface area contributed by atoms with Crippen molar-refractivity contribution in [3.05, 3.63) is 59.7 Å². The highest BCUT2D eigenvalue weighted by atomic mass is 19.4. The number of fused-ring (bicyclic) bond motifs is 1. The maximum Gasteiger partial charge on any atom is 0.416 e. The first kappa shape index (κ1) is 19.7. The molecule has 0 fully saturated rings. The van der Waals surface area contributed by atoms with Gasteiger partial charge in [0.05, 0.1) is 35.7 Å². The van der Waals surface area contributed by atoms with Gasteiger partial charge in [0.1, 0.15) is 0 Å². The lowest BCUT2D eigenvalue weighted by Gasteiger charge is -2.20. The zero-order valence-electron chi connectivity index (χ0n) is 14.8. The van der Waals surface area contributed by atoms with Crippen molar-refractivity contribution >= 4 is 22.9 Å². The van der Waals surface area contributed by atoms with Crippen LogP contribution in [-0.4, -0.2) is 34.1 Å². The Morgan fingerprint density at radius 3 is 2.68 bits per heavy atom. The molecular weight excluding hydrogens is 373 g/mol. The number of alkyl halides is 3. The molecule has 1 amide bonds. The van der Waals surface area contributed by atoms with Crippen LogP contribution in [0.15, 0.2) is 48.5 Å². The van der Waals surface area contributed by atoms with Crippen LogP contribution in [0.4, 0.5) is 19.1 Å². The fourth-order valence-electron chi connectivity index (χ4n) is 2.82. The van der Waals surface area contributed by atoms with E-state index in [-0.39, 0.29) is 19.6 Å². The fourth-order valence-corrected chi connectivity index (χ4v) is 2.82. The van der Waals surface area contributed by atoms with Crippen LogP contribution in [0.5, 0.6) is 0 Å². The number of carbonyl (C=O) groups excluding carboxylic acids is 1. The number of aliphatic hydroxyl groups excluding tert-OH is 1. The SMILES string of the molecule is O=C(CC(Nc1nc2ccccc2[nH]1)c1cccc(C(F)(F)F)c1)NCCO. The van der Waals surface area contributed by atoms with Crippen molar-refractivity contribution in [1.82, 2.24) is 15.3 Å². The van der Waals surface area contributed by atoms with E-state index in [1.165, 1.54) is 12.1 Å². The average Bonchev–Trinajstić information content (AvgIpc) is 3.07. The van der Waals surface area contributed by atoms with Gasteiger partial charge in [0.25, 0.3) is 0 Å². The van der Waals surface area contributed by atoms with E-state index in [0.717, 1.165) is 17.6 Å². The van der Waals surface area contributed by atoms with Gasteiger partial charge in [-0.3, -0.25) is 4.79 Å². The molecule has 4 N–H and O–H groups in total. The van der Waals surface area contributed by atoms with Gasteiger partial charge < -0.3 is 20.7 Å². The highest BCUT2D eigenvalue weighted by Gasteiger charge is 2.31. The summed E-state index contributed by atoms with van der Waals surface area (Å²) in [6.45, 7) is -0.157. The number of aliphatic hydroxyl groups is 1. The number of anilines is 1. The molecule has 1 unspecified atom stereocenters. The van der Waals surface area contributed by atoms with Crippen LogP contribution < -0.4 is 10.6 Å². The van der Waals surface area contributed by atoms with Crippen LogP contribution in [0.3, 0.4) is 0 Å². The van der Waals surface area contributed by atoms with Crippen molar-refractivity contribution in [3.63, 3.8) is 0 Å². The molecule has 0 radical (unpaired) electrons. The lowest BCUT2D eigenvalue weighted by atomic mass is 10.0. The predicted molar refractivity (Wildman–Crippen MR) is 98.6 cm³/mol. The molecule has 1 atom stereocenters. The van der Waals surface area contributed by atoms with Crippen LogP contribution in [0.1, 0.15) is 23.6 Å². The molecule has 3 aromatic rings. The second kappa shape index (κ2) is 8.30. The van der Waals surface area contributed by atoms with Gasteiger partial charge in [0.2, 0.25) is 11.9 Å².